The Morgan fingerprint density at radius 2 is 1.35 bits per heavy atom. The van der Waals surface area contributed by atoms with Crippen LogP contribution in [0.3, 0.4) is 0 Å². The fraction of sp³-hybridized carbons (Fsp3) is 1.00. The Bertz CT molecular complexity index is 215. The zero-order valence-electron chi connectivity index (χ0n) is 13.1. The molecule has 0 aliphatic rings. The Labute approximate surface area is 127 Å². The van der Waals surface area contributed by atoms with E-state index in [0.717, 1.165) is 19.5 Å². The van der Waals surface area contributed by atoms with Crippen LogP contribution < -0.4 is 5.32 Å². The predicted molar refractivity (Wildman–Crippen MR) is 86.1 cm³/mol. The van der Waals surface area contributed by atoms with Crippen molar-refractivity contribution in [2.24, 2.45) is 0 Å². The molecule has 0 aromatic rings. The molecule has 0 heterocycles. The van der Waals surface area contributed by atoms with Crippen LogP contribution in [0.5, 0.6) is 0 Å². The quantitative estimate of drug-likeness (QED) is 0.334. The maximum absolute atomic E-state index is 10.2. The number of hydrogen-bond donors (Lipinski definition) is 2. The largest absolute Gasteiger partial charge is 0.317 e. The molecule has 0 spiro atoms. The van der Waals surface area contributed by atoms with Crippen molar-refractivity contribution in [2.45, 2.75) is 77.6 Å². The summed E-state index contributed by atoms with van der Waals surface area (Å²) in [5.74, 6) is 0. The van der Waals surface area contributed by atoms with E-state index < -0.39 is 11.4 Å². The van der Waals surface area contributed by atoms with Crippen LogP contribution >= 0.6 is 0 Å². The van der Waals surface area contributed by atoms with Gasteiger partial charge >= 0.3 is 11.4 Å². The summed E-state index contributed by atoms with van der Waals surface area (Å²) in [6, 6.07) is 0. The summed E-state index contributed by atoms with van der Waals surface area (Å²) in [5.41, 5.74) is 0. The van der Waals surface area contributed by atoms with Crippen LogP contribution in [0, 0.1) is 0 Å². The highest BCUT2D eigenvalue weighted by Gasteiger charge is 1.94. The minimum absolute atomic E-state index is 0.341. The summed E-state index contributed by atoms with van der Waals surface area (Å²) in [5, 5.41) is 3.32. The van der Waals surface area contributed by atoms with E-state index in [1.165, 1.54) is 64.2 Å². The van der Waals surface area contributed by atoms with Gasteiger partial charge in [0.2, 0.25) is 0 Å². The van der Waals surface area contributed by atoms with E-state index >= 15 is 0 Å². The van der Waals surface area contributed by atoms with E-state index in [2.05, 4.69) is 16.4 Å². The highest BCUT2D eigenvalue weighted by molar-refractivity contribution is 7.74. The van der Waals surface area contributed by atoms with Gasteiger partial charge in [-0.3, -0.25) is 8.74 Å². The van der Waals surface area contributed by atoms with Crippen molar-refractivity contribution >= 4 is 11.4 Å². The zero-order valence-corrected chi connectivity index (χ0v) is 13.9. The van der Waals surface area contributed by atoms with Gasteiger partial charge in [-0.2, -0.15) is 4.21 Å². The van der Waals surface area contributed by atoms with Gasteiger partial charge in [-0.05, 0) is 25.9 Å². The van der Waals surface area contributed by atoms with Gasteiger partial charge in [-0.25, -0.2) is 0 Å². The SMILES string of the molecule is CCCCCCCCCCCCNCCCOS(=O)O. The Morgan fingerprint density at radius 1 is 0.850 bits per heavy atom. The van der Waals surface area contributed by atoms with Crippen molar-refractivity contribution in [1.82, 2.24) is 5.32 Å². The van der Waals surface area contributed by atoms with Gasteiger partial charge in [-0.15, -0.1) is 0 Å². The zero-order chi connectivity index (χ0) is 14.9. The number of nitrogens with one attached hydrogen (secondary N) is 1. The van der Waals surface area contributed by atoms with Gasteiger partial charge < -0.3 is 5.32 Å². The highest BCUT2D eigenvalue weighted by atomic mass is 32.2. The molecule has 0 aromatic carbocycles. The molecule has 122 valence electrons. The van der Waals surface area contributed by atoms with Crippen LogP contribution in [0.1, 0.15) is 77.6 Å². The minimum atomic E-state index is -2.11. The molecule has 2 N–H and O–H groups in total. The van der Waals surface area contributed by atoms with Crippen LogP contribution in [-0.2, 0) is 15.5 Å². The maximum Gasteiger partial charge on any atom is 0.301 e. The summed E-state index contributed by atoms with van der Waals surface area (Å²) in [4.78, 5) is 0. The molecule has 4 nitrogen and oxygen atoms in total. The summed E-state index contributed by atoms with van der Waals surface area (Å²) < 4.78 is 23.1. The van der Waals surface area contributed by atoms with Crippen LogP contribution in [-0.4, -0.2) is 28.5 Å². The molecular weight excluding hydrogens is 274 g/mol. The first-order valence-corrected chi connectivity index (χ1v) is 9.25. The molecule has 0 aliphatic heterocycles. The second-order valence-electron chi connectivity index (χ2n) is 5.32. The molecule has 1 unspecified atom stereocenters. The van der Waals surface area contributed by atoms with Crippen molar-refractivity contribution in [2.75, 3.05) is 19.7 Å². The molecule has 0 aromatic heterocycles. The molecule has 0 saturated carbocycles. The van der Waals surface area contributed by atoms with E-state index in [1.807, 2.05) is 0 Å². The van der Waals surface area contributed by atoms with Gasteiger partial charge in [0.05, 0.1) is 6.61 Å². The number of rotatable bonds is 16. The monoisotopic (exact) mass is 307 g/mol. The molecule has 1 atom stereocenters. The average molecular weight is 307 g/mol. The molecule has 0 amide bonds. The summed E-state index contributed by atoms with van der Waals surface area (Å²) in [6.07, 6.45) is 14.4. The van der Waals surface area contributed by atoms with E-state index in [4.69, 9.17) is 4.55 Å². The molecule has 5 heteroatoms. The van der Waals surface area contributed by atoms with Crippen molar-refractivity contribution in [3.8, 4) is 0 Å². The molecule has 0 rings (SSSR count). The van der Waals surface area contributed by atoms with Crippen LogP contribution in [0.25, 0.3) is 0 Å². The molecule has 20 heavy (non-hydrogen) atoms. The second kappa shape index (κ2) is 17.1. The van der Waals surface area contributed by atoms with Gasteiger partial charge in [0.1, 0.15) is 0 Å². The Kier molecular flexibility index (Phi) is 17.1. The second-order valence-corrected chi connectivity index (χ2v) is 5.99. The maximum atomic E-state index is 10.2. The topological polar surface area (TPSA) is 58.6 Å². The van der Waals surface area contributed by atoms with Crippen molar-refractivity contribution in [1.29, 1.82) is 0 Å². The smallest absolute Gasteiger partial charge is 0.301 e. The van der Waals surface area contributed by atoms with Crippen LogP contribution in [0.4, 0.5) is 0 Å². The summed E-state index contributed by atoms with van der Waals surface area (Å²) >= 11 is -2.11. The van der Waals surface area contributed by atoms with Crippen molar-refractivity contribution in [3.63, 3.8) is 0 Å². The number of unbranched alkanes of at least 4 members (excludes halogenated alkanes) is 9. The first-order chi connectivity index (χ1) is 9.77. The van der Waals surface area contributed by atoms with E-state index in [0.29, 0.717) is 6.61 Å². The van der Waals surface area contributed by atoms with Crippen molar-refractivity contribution < 1.29 is 12.9 Å². The van der Waals surface area contributed by atoms with Crippen LogP contribution in [0.15, 0.2) is 0 Å². The van der Waals surface area contributed by atoms with E-state index in [-0.39, 0.29) is 0 Å². The highest BCUT2D eigenvalue weighted by Crippen LogP contribution is 2.10. The third-order valence-electron chi connectivity index (χ3n) is 3.39. The minimum Gasteiger partial charge on any atom is -0.317 e. The normalized spacial score (nSPS) is 12.7. The van der Waals surface area contributed by atoms with E-state index in [1.54, 1.807) is 0 Å². The molecule has 0 radical (unpaired) electrons. The number of hydrogen-bond acceptors (Lipinski definition) is 3. The lowest BCUT2D eigenvalue weighted by Gasteiger charge is -2.04. The molecule has 0 bridgehead atoms. The Balaban J connectivity index is 2.94. The van der Waals surface area contributed by atoms with Gasteiger partial charge in [-0.1, -0.05) is 64.7 Å². The van der Waals surface area contributed by atoms with E-state index in [9.17, 15) is 4.21 Å². The Hall–Kier alpha value is 0.0300. The fourth-order valence-corrected chi connectivity index (χ4v) is 2.45. The van der Waals surface area contributed by atoms with Gasteiger partial charge in [0.25, 0.3) is 0 Å². The average Bonchev–Trinajstić information content (AvgIpc) is 2.43. The van der Waals surface area contributed by atoms with Crippen molar-refractivity contribution in [3.05, 3.63) is 0 Å². The molecule has 0 aliphatic carbocycles. The Morgan fingerprint density at radius 3 is 1.90 bits per heavy atom. The molecule has 0 fully saturated rings. The summed E-state index contributed by atoms with van der Waals surface area (Å²) in [6.45, 7) is 4.50. The van der Waals surface area contributed by atoms with Gasteiger partial charge in [0.15, 0.2) is 0 Å². The standard InChI is InChI=1S/C15H33NO3S/c1-2-3-4-5-6-7-8-9-10-11-13-16-14-12-15-19-20(17)18/h16H,2-15H2,1H3,(H,17,18). The predicted octanol–water partition coefficient (Wildman–Crippen LogP) is 4.04. The first-order valence-electron chi connectivity index (χ1n) is 8.22. The first kappa shape index (κ1) is 20.0. The molecular formula is C15H33NO3S. The lowest BCUT2D eigenvalue weighted by molar-refractivity contribution is 0.299. The fourth-order valence-electron chi connectivity index (χ4n) is 2.19. The van der Waals surface area contributed by atoms with Gasteiger partial charge in [0, 0.05) is 0 Å². The molecule has 0 saturated heterocycles. The third-order valence-corrected chi connectivity index (χ3v) is 3.76. The lowest BCUT2D eigenvalue weighted by Crippen LogP contribution is -2.18. The summed E-state index contributed by atoms with van der Waals surface area (Å²) in [7, 11) is 0. The van der Waals surface area contributed by atoms with Crippen LogP contribution in [0.2, 0.25) is 0 Å². The third kappa shape index (κ3) is 18.0. The lowest BCUT2D eigenvalue weighted by atomic mass is 10.1.